The Balaban J connectivity index is 2.37. The lowest BCUT2D eigenvalue weighted by molar-refractivity contribution is 0.729. The summed E-state index contributed by atoms with van der Waals surface area (Å²) in [7, 11) is 0. The van der Waals surface area contributed by atoms with Crippen LogP contribution >= 0.6 is 0 Å². The predicted molar refractivity (Wildman–Crippen MR) is 47.3 cm³/mol. The quantitative estimate of drug-likeness (QED) is 0.718. The third-order valence-corrected chi connectivity index (χ3v) is 1.51. The molecule has 0 aliphatic rings. The van der Waals surface area contributed by atoms with Crippen molar-refractivity contribution in [1.82, 2.24) is 25.3 Å². The van der Waals surface area contributed by atoms with Gasteiger partial charge in [-0.1, -0.05) is 0 Å². The Hall–Kier alpha value is -1.72. The normalized spacial score (nSPS) is 11.0. The summed E-state index contributed by atoms with van der Waals surface area (Å²) in [6.07, 6.45) is 0. The van der Waals surface area contributed by atoms with Gasteiger partial charge in [-0.3, -0.25) is 0 Å². The minimum absolute atomic E-state index is 0.349. The molecule has 0 unspecified atom stereocenters. The number of hydrogen-bond donors (Lipinski definition) is 1. The molecule has 68 valence electrons. The molecule has 0 aromatic carbocycles. The molecule has 0 fully saturated rings. The van der Waals surface area contributed by atoms with Crippen LogP contribution in [-0.2, 0) is 0 Å². The number of fused-ring (bicyclic) bond motifs is 1. The molecule has 13 heavy (non-hydrogen) atoms. The summed E-state index contributed by atoms with van der Waals surface area (Å²) in [6, 6.07) is 4.02. The van der Waals surface area contributed by atoms with Crippen LogP contribution in [0.1, 0.15) is 13.8 Å². The zero-order valence-electron chi connectivity index (χ0n) is 7.47. The van der Waals surface area contributed by atoms with Crippen molar-refractivity contribution in [2.75, 3.05) is 5.32 Å². The Bertz CT molecular complexity index is 406. The van der Waals surface area contributed by atoms with Gasteiger partial charge in [0.15, 0.2) is 5.65 Å². The molecule has 2 aromatic rings. The molecule has 0 bridgehead atoms. The Kier molecular flexibility index (Phi) is 1.80. The van der Waals surface area contributed by atoms with E-state index in [1.165, 1.54) is 4.63 Å². The minimum Gasteiger partial charge on any atom is -0.366 e. The molecule has 0 atom stereocenters. The molecule has 0 radical (unpaired) electrons. The molecule has 0 saturated carbocycles. The fourth-order valence-electron chi connectivity index (χ4n) is 1.02. The van der Waals surface area contributed by atoms with Gasteiger partial charge in [0.25, 0.3) is 0 Å². The average molecular weight is 178 g/mol. The van der Waals surface area contributed by atoms with Crippen LogP contribution in [0.4, 0.5) is 5.82 Å². The van der Waals surface area contributed by atoms with Crippen LogP contribution in [-0.4, -0.2) is 31.3 Å². The summed E-state index contributed by atoms with van der Waals surface area (Å²) < 4.78 is 1.39. The smallest absolute Gasteiger partial charge is 0.200 e. The number of anilines is 1. The van der Waals surface area contributed by atoms with Crippen molar-refractivity contribution < 1.29 is 0 Å². The van der Waals surface area contributed by atoms with Gasteiger partial charge in [-0.15, -0.1) is 14.8 Å². The number of aromatic nitrogens is 5. The Labute approximate surface area is 74.9 Å². The number of hydrogen-bond acceptors (Lipinski definition) is 5. The Morgan fingerprint density at radius 2 is 2.23 bits per heavy atom. The fraction of sp³-hybridized carbons (Fsp3) is 0.429. The van der Waals surface area contributed by atoms with E-state index in [-0.39, 0.29) is 0 Å². The van der Waals surface area contributed by atoms with Crippen molar-refractivity contribution in [2.24, 2.45) is 0 Å². The van der Waals surface area contributed by atoms with Crippen LogP contribution in [0.2, 0.25) is 0 Å². The third kappa shape index (κ3) is 1.56. The first-order chi connectivity index (χ1) is 6.25. The Morgan fingerprint density at radius 1 is 1.38 bits per heavy atom. The molecule has 6 heteroatoms. The second-order valence-electron chi connectivity index (χ2n) is 3.04. The first-order valence-electron chi connectivity index (χ1n) is 4.07. The summed E-state index contributed by atoms with van der Waals surface area (Å²) in [5, 5.41) is 18.2. The van der Waals surface area contributed by atoms with Gasteiger partial charge in [0, 0.05) is 6.04 Å². The van der Waals surface area contributed by atoms with E-state index in [1.807, 2.05) is 26.0 Å². The maximum absolute atomic E-state index is 4.14. The van der Waals surface area contributed by atoms with E-state index < -0.39 is 0 Å². The van der Waals surface area contributed by atoms with Crippen molar-refractivity contribution in [1.29, 1.82) is 0 Å². The Morgan fingerprint density at radius 3 is 3.00 bits per heavy atom. The van der Waals surface area contributed by atoms with Crippen LogP contribution in [0.3, 0.4) is 0 Å². The van der Waals surface area contributed by atoms with E-state index in [1.54, 1.807) is 0 Å². The third-order valence-electron chi connectivity index (χ3n) is 1.51. The van der Waals surface area contributed by atoms with Crippen LogP contribution in [0.15, 0.2) is 12.1 Å². The summed E-state index contributed by atoms with van der Waals surface area (Å²) in [6.45, 7) is 4.09. The molecule has 6 nitrogen and oxygen atoms in total. The summed E-state index contributed by atoms with van der Waals surface area (Å²) >= 11 is 0. The lowest BCUT2D eigenvalue weighted by atomic mass is 10.4. The maximum Gasteiger partial charge on any atom is 0.200 e. The SMILES string of the molecule is CC(C)Nc1ccc2nnnn2n1. The molecule has 0 aliphatic heterocycles. The van der Waals surface area contributed by atoms with Gasteiger partial charge in [-0.25, -0.2) is 0 Å². The van der Waals surface area contributed by atoms with Crippen molar-refractivity contribution in [3.8, 4) is 0 Å². The molecule has 2 aromatic heterocycles. The van der Waals surface area contributed by atoms with Crippen LogP contribution in [0.25, 0.3) is 5.65 Å². The van der Waals surface area contributed by atoms with E-state index in [2.05, 4.69) is 25.9 Å². The highest BCUT2D eigenvalue weighted by Crippen LogP contribution is 2.04. The highest BCUT2D eigenvalue weighted by atomic mass is 15.6. The van der Waals surface area contributed by atoms with Gasteiger partial charge in [0.1, 0.15) is 5.82 Å². The second-order valence-corrected chi connectivity index (χ2v) is 3.04. The minimum atomic E-state index is 0.349. The van der Waals surface area contributed by atoms with Gasteiger partial charge in [0.2, 0.25) is 0 Å². The van der Waals surface area contributed by atoms with Crippen molar-refractivity contribution >= 4 is 11.5 Å². The van der Waals surface area contributed by atoms with Gasteiger partial charge >= 0.3 is 0 Å². The number of nitrogens with one attached hydrogen (secondary N) is 1. The second kappa shape index (κ2) is 2.96. The molecule has 0 spiro atoms. The zero-order chi connectivity index (χ0) is 9.26. The molecule has 2 rings (SSSR count). The lowest BCUT2D eigenvalue weighted by Gasteiger charge is -2.07. The van der Waals surface area contributed by atoms with Crippen LogP contribution in [0.5, 0.6) is 0 Å². The molecule has 2 heterocycles. The van der Waals surface area contributed by atoms with Gasteiger partial charge < -0.3 is 5.32 Å². The highest BCUT2D eigenvalue weighted by molar-refractivity contribution is 5.42. The number of tetrazole rings is 1. The van der Waals surface area contributed by atoms with Crippen molar-refractivity contribution in [3.05, 3.63) is 12.1 Å². The molecule has 0 saturated heterocycles. The van der Waals surface area contributed by atoms with Gasteiger partial charge in [0.05, 0.1) is 0 Å². The zero-order valence-corrected chi connectivity index (χ0v) is 7.47. The van der Waals surface area contributed by atoms with Gasteiger partial charge in [-0.2, -0.15) is 0 Å². The molecule has 0 aliphatic carbocycles. The summed E-state index contributed by atoms with van der Waals surface area (Å²) in [5.41, 5.74) is 0.648. The predicted octanol–water partition coefficient (Wildman–Crippen LogP) is 0.340. The first-order valence-corrected chi connectivity index (χ1v) is 4.07. The van der Waals surface area contributed by atoms with E-state index in [4.69, 9.17) is 0 Å². The fourth-order valence-corrected chi connectivity index (χ4v) is 1.02. The van der Waals surface area contributed by atoms with Gasteiger partial charge in [-0.05, 0) is 36.4 Å². The first kappa shape index (κ1) is 7.90. The number of nitrogens with zero attached hydrogens (tertiary/aromatic N) is 5. The molecular weight excluding hydrogens is 168 g/mol. The van der Waals surface area contributed by atoms with Crippen molar-refractivity contribution in [2.45, 2.75) is 19.9 Å². The molecular formula is C7H10N6. The van der Waals surface area contributed by atoms with E-state index in [9.17, 15) is 0 Å². The monoisotopic (exact) mass is 178 g/mol. The van der Waals surface area contributed by atoms with Crippen LogP contribution < -0.4 is 5.32 Å². The molecule has 1 N–H and O–H groups in total. The van der Waals surface area contributed by atoms with Crippen molar-refractivity contribution in [3.63, 3.8) is 0 Å². The lowest BCUT2D eigenvalue weighted by Crippen LogP contribution is -2.12. The van der Waals surface area contributed by atoms with E-state index >= 15 is 0 Å². The standard InChI is InChI=1S/C7H10N6/c1-5(2)8-6-3-4-7-9-11-12-13(7)10-6/h3-5H,1-2H3,(H,8,10). The topological polar surface area (TPSA) is 68.0 Å². The largest absolute Gasteiger partial charge is 0.366 e. The summed E-state index contributed by atoms with van der Waals surface area (Å²) in [5.74, 6) is 0.773. The van der Waals surface area contributed by atoms with E-state index in [0.29, 0.717) is 11.7 Å². The maximum atomic E-state index is 4.14. The highest BCUT2D eigenvalue weighted by Gasteiger charge is 2.00. The molecule has 0 amide bonds. The summed E-state index contributed by atoms with van der Waals surface area (Å²) in [4.78, 5) is 0. The average Bonchev–Trinajstić information content (AvgIpc) is 2.49. The van der Waals surface area contributed by atoms with Crippen LogP contribution in [0, 0.1) is 0 Å². The van der Waals surface area contributed by atoms with E-state index in [0.717, 1.165) is 5.82 Å². The number of rotatable bonds is 2.